The van der Waals surface area contributed by atoms with Crippen molar-refractivity contribution in [1.82, 2.24) is 0 Å². The molecule has 5 heteroatoms. The largest absolute Gasteiger partial charge is 0.507 e. The predicted molar refractivity (Wildman–Crippen MR) is 114 cm³/mol. The molecule has 3 N–H and O–H groups in total. The van der Waals surface area contributed by atoms with E-state index >= 15 is 0 Å². The lowest BCUT2D eigenvalue weighted by molar-refractivity contribution is 0.00420. The van der Waals surface area contributed by atoms with E-state index in [0.717, 1.165) is 19.3 Å². The monoisotopic (exact) mass is 407 g/mol. The number of phenolic OH excluding ortho intramolecular Hbond substituents is 2. The van der Waals surface area contributed by atoms with E-state index in [-0.39, 0.29) is 35.5 Å². The maximum atomic E-state index is 12.7. The van der Waals surface area contributed by atoms with Crippen LogP contribution >= 0.6 is 0 Å². The molecule has 5 nitrogen and oxygen atoms in total. The van der Waals surface area contributed by atoms with Gasteiger partial charge < -0.3 is 20.1 Å². The molecule has 2 unspecified atom stereocenters. The van der Waals surface area contributed by atoms with Crippen LogP contribution in [-0.4, -0.2) is 33.5 Å². The van der Waals surface area contributed by atoms with Crippen LogP contribution in [0.15, 0.2) is 17.7 Å². The minimum atomic E-state index is -2.32. The van der Waals surface area contributed by atoms with Gasteiger partial charge in [0.15, 0.2) is 0 Å². The third kappa shape index (κ3) is 5.33. The second-order valence-electron chi connectivity index (χ2n) is 8.39. The van der Waals surface area contributed by atoms with Crippen LogP contribution in [0.1, 0.15) is 98.2 Å². The number of carbonyl (C=O) groups is 1. The number of hydrogen-bond donors (Lipinski definition) is 3. The predicted octanol–water partition coefficient (Wildman–Crippen LogP) is 5.22. The van der Waals surface area contributed by atoms with Crippen molar-refractivity contribution in [3.63, 3.8) is 0 Å². The first-order valence-electron chi connectivity index (χ1n) is 12.0. The number of phenols is 2. The van der Waals surface area contributed by atoms with E-state index in [1.807, 2.05) is 0 Å². The van der Waals surface area contributed by atoms with E-state index in [4.69, 9.17) is 8.85 Å². The van der Waals surface area contributed by atoms with E-state index in [2.05, 4.69) is 6.92 Å². The first-order valence-corrected chi connectivity index (χ1v) is 10.5. The number of aromatic hydroxyl groups is 2. The molecule has 2 atom stereocenters. The molecule has 1 aromatic carbocycles. The SMILES string of the molecule is [2H]C([2H])([2H])C1=CC(c2c(O)cc(CCCCC)c(C(=O)OCC)c2O)C(C(C)(C)O)CC1. The lowest BCUT2D eigenvalue weighted by Gasteiger charge is -2.38. The number of aryl methyl sites for hydroxylation is 1. The number of hydrogen-bond acceptors (Lipinski definition) is 5. The molecule has 0 fully saturated rings. The summed E-state index contributed by atoms with van der Waals surface area (Å²) in [6, 6.07) is 1.47. The molecule has 1 aliphatic rings. The third-order valence-corrected chi connectivity index (χ3v) is 5.71. The Hall–Kier alpha value is -2.01. The van der Waals surface area contributed by atoms with Gasteiger partial charge in [-0.05, 0) is 70.9 Å². The van der Waals surface area contributed by atoms with E-state index in [9.17, 15) is 20.1 Å². The van der Waals surface area contributed by atoms with E-state index in [1.165, 1.54) is 12.1 Å². The van der Waals surface area contributed by atoms with E-state index in [0.29, 0.717) is 18.4 Å². The van der Waals surface area contributed by atoms with Crippen LogP contribution in [0.2, 0.25) is 0 Å². The zero-order valence-electron chi connectivity index (χ0n) is 20.9. The molecule has 1 aromatic rings. The number of rotatable bonds is 8. The minimum Gasteiger partial charge on any atom is -0.507 e. The van der Waals surface area contributed by atoms with Crippen LogP contribution in [-0.2, 0) is 11.2 Å². The van der Waals surface area contributed by atoms with Crippen molar-refractivity contribution in [2.45, 2.75) is 84.6 Å². The fourth-order valence-corrected chi connectivity index (χ4v) is 4.23. The number of allylic oxidation sites excluding steroid dienone is 2. The first kappa shape index (κ1) is 19.0. The highest BCUT2D eigenvalue weighted by atomic mass is 16.5. The summed E-state index contributed by atoms with van der Waals surface area (Å²) in [7, 11) is 0. The molecule has 0 spiro atoms. The summed E-state index contributed by atoms with van der Waals surface area (Å²) < 4.78 is 28.6. The zero-order valence-corrected chi connectivity index (χ0v) is 17.9. The highest BCUT2D eigenvalue weighted by Crippen LogP contribution is 2.49. The van der Waals surface area contributed by atoms with Gasteiger partial charge in [0, 0.05) is 15.6 Å². The van der Waals surface area contributed by atoms with Crippen molar-refractivity contribution in [3.05, 3.63) is 34.4 Å². The number of esters is 1. The fourth-order valence-electron chi connectivity index (χ4n) is 4.23. The second kappa shape index (κ2) is 9.66. The number of ether oxygens (including phenoxy) is 1. The molecule has 0 aromatic heterocycles. The highest BCUT2D eigenvalue weighted by molar-refractivity contribution is 5.95. The maximum absolute atomic E-state index is 12.7. The average Bonchev–Trinajstić information content (AvgIpc) is 2.66. The molecule has 162 valence electrons. The Morgan fingerprint density at radius 1 is 1.31 bits per heavy atom. The summed E-state index contributed by atoms with van der Waals surface area (Å²) in [5, 5.41) is 32.9. The van der Waals surface area contributed by atoms with Crippen molar-refractivity contribution in [1.29, 1.82) is 0 Å². The minimum absolute atomic E-state index is 0.000318. The van der Waals surface area contributed by atoms with Crippen molar-refractivity contribution in [2.24, 2.45) is 5.92 Å². The molecule has 0 bridgehead atoms. The third-order valence-electron chi connectivity index (χ3n) is 5.71. The molecule has 0 aliphatic heterocycles. The van der Waals surface area contributed by atoms with Gasteiger partial charge in [-0.2, -0.15) is 0 Å². The number of unbranched alkanes of at least 4 members (excludes halogenated alkanes) is 2. The Kier molecular flexibility index (Phi) is 6.32. The zero-order chi connectivity index (χ0) is 24.3. The number of benzene rings is 1. The highest BCUT2D eigenvalue weighted by Gasteiger charge is 2.39. The quantitative estimate of drug-likeness (QED) is 0.312. The van der Waals surface area contributed by atoms with Crippen molar-refractivity contribution in [3.8, 4) is 11.5 Å². The Labute approximate surface area is 178 Å². The molecule has 0 saturated carbocycles. The maximum Gasteiger partial charge on any atom is 0.342 e. The van der Waals surface area contributed by atoms with E-state index in [1.54, 1.807) is 20.8 Å². The van der Waals surface area contributed by atoms with Gasteiger partial charge in [0.25, 0.3) is 0 Å². The molecule has 0 radical (unpaired) electrons. The molecule has 0 amide bonds. The Morgan fingerprint density at radius 2 is 2.03 bits per heavy atom. The topological polar surface area (TPSA) is 87.0 Å². The number of carbonyl (C=O) groups excluding carboxylic acids is 1. The second-order valence-corrected chi connectivity index (χ2v) is 8.39. The lowest BCUT2D eigenvalue weighted by Crippen LogP contribution is -2.36. The van der Waals surface area contributed by atoms with Crippen molar-refractivity contribution in [2.75, 3.05) is 6.61 Å². The summed E-state index contributed by atoms with van der Waals surface area (Å²) in [6.45, 7) is 4.78. The van der Waals surface area contributed by atoms with Gasteiger partial charge in [0.2, 0.25) is 0 Å². The van der Waals surface area contributed by atoms with Gasteiger partial charge in [0.1, 0.15) is 17.1 Å². The summed E-state index contributed by atoms with van der Waals surface area (Å²) in [5.74, 6) is -2.56. The molecule has 0 heterocycles. The fraction of sp³-hybridized carbons (Fsp3) is 0.625. The summed E-state index contributed by atoms with van der Waals surface area (Å²) in [4.78, 5) is 12.7. The van der Waals surface area contributed by atoms with Crippen LogP contribution in [0, 0.1) is 5.92 Å². The first-order chi connectivity index (χ1) is 14.8. The molecule has 2 rings (SSSR count). The van der Waals surface area contributed by atoms with Gasteiger partial charge in [-0.25, -0.2) is 4.79 Å². The van der Waals surface area contributed by atoms with Crippen molar-refractivity contribution >= 4 is 5.97 Å². The van der Waals surface area contributed by atoms with Crippen LogP contribution in [0.25, 0.3) is 0 Å². The average molecular weight is 408 g/mol. The Bertz CT molecular complexity index is 853. The van der Waals surface area contributed by atoms with Crippen LogP contribution in [0.3, 0.4) is 0 Å². The summed E-state index contributed by atoms with van der Waals surface area (Å²) in [5.41, 5.74) is -0.442. The van der Waals surface area contributed by atoms with Crippen molar-refractivity contribution < 1.29 is 29.0 Å². The van der Waals surface area contributed by atoms with Crippen LogP contribution in [0.5, 0.6) is 11.5 Å². The standard InChI is InChI=1S/C24H36O5/c1-6-8-9-10-16-14-19(25)21(22(26)20(16)23(27)29-7-2)17-13-15(3)11-12-18(17)24(4,5)28/h13-14,17-18,25-26,28H,6-12H2,1-5H3/i3D3. The molecule has 1 aliphatic carbocycles. The Balaban J connectivity index is 2.71. The van der Waals surface area contributed by atoms with Gasteiger partial charge >= 0.3 is 5.97 Å². The normalized spacial score (nSPS) is 21.7. The van der Waals surface area contributed by atoms with Gasteiger partial charge in [-0.3, -0.25) is 0 Å². The van der Waals surface area contributed by atoms with Gasteiger partial charge in [-0.15, -0.1) is 0 Å². The molecule has 29 heavy (non-hydrogen) atoms. The van der Waals surface area contributed by atoms with Gasteiger partial charge in [-0.1, -0.05) is 31.4 Å². The Morgan fingerprint density at radius 3 is 2.62 bits per heavy atom. The van der Waals surface area contributed by atoms with E-state index < -0.39 is 36.0 Å². The lowest BCUT2D eigenvalue weighted by atomic mass is 9.69. The molecular formula is C24H36O5. The van der Waals surface area contributed by atoms with Gasteiger partial charge in [0.05, 0.1) is 12.2 Å². The molecular weight excluding hydrogens is 368 g/mol. The van der Waals surface area contributed by atoms with Crippen LogP contribution in [0.4, 0.5) is 0 Å². The van der Waals surface area contributed by atoms with Crippen LogP contribution < -0.4 is 0 Å². The summed E-state index contributed by atoms with van der Waals surface area (Å²) >= 11 is 0. The number of aliphatic hydroxyl groups is 1. The molecule has 0 saturated heterocycles. The smallest absolute Gasteiger partial charge is 0.342 e. The summed E-state index contributed by atoms with van der Waals surface area (Å²) in [6.07, 6.45) is 5.33.